The number of nitrogens with zero attached hydrogens (tertiary/aromatic N) is 2. The molecule has 27 heavy (non-hydrogen) atoms. The van der Waals surface area contributed by atoms with Gasteiger partial charge in [-0.3, -0.25) is 4.79 Å². The molecule has 150 valence electrons. The van der Waals surface area contributed by atoms with Gasteiger partial charge in [0.2, 0.25) is 0 Å². The maximum Gasteiger partial charge on any atom is 0.306 e. The van der Waals surface area contributed by atoms with Crippen molar-refractivity contribution in [2.75, 3.05) is 26.2 Å². The number of aliphatic carboxylic acids is 1. The first-order valence-electron chi connectivity index (χ1n) is 9.51. The highest BCUT2D eigenvalue weighted by atomic mass is 32.2. The molecule has 1 aromatic carbocycles. The minimum Gasteiger partial charge on any atom is -0.481 e. The van der Waals surface area contributed by atoms with E-state index in [2.05, 4.69) is 0 Å². The average Bonchev–Trinajstić information content (AvgIpc) is 3.14. The minimum atomic E-state index is -3.68. The van der Waals surface area contributed by atoms with E-state index in [0.29, 0.717) is 32.5 Å². The Balaban J connectivity index is 1.76. The number of piperidine rings is 1. The van der Waals surface area contributed by atoms with Crippen molar-refractivity contribution in [2.45, 2.75) is 45.3 Å². The number of hydrogen-bond donors (Lipinski definition) is 1. The van der Waals surface area contributed by atoms with Gasteiger partial charge in [-0.2, -0.15) is 17.0 Å². The topological polar surface area (TPSA) is 87.2 Å². The van der Waals surface area contributed by atoms with Gasteiger partial charge in [0.25, 0.3) is 10.2 Å². The Labute approximate surface area is 161 Å². The maximum absolute atomic E-state index is 13.3. The summed E-state index contributed by atoms with van der Waals surface area (Å²) < 4.78 is 35.2. The smallest absolute Gasteiger partial charge is 0.306 e. The third-order valence-corrected chi connectivity index (χ3v) is 7.28. The molecule has 0 aliphatic carbocycles. The molecule has 0 aromatic heterocycles. The van der Waals surface area contributed by atoms with Crippen LogP contribution < -0.4 is 0 Å². The lowest BCUT2D eigenvalue weighted by atomic mass is 9.99. The number of aryl methyl sites for hydroxylation is 1. The van der Waals surface area contributed by atoms with Gasteiger partial charge in [-0.15, -0.1) is 0 Å². The van der Waals surface area contributed by atoms with Crippen LogP contribution in [0, 0.1) is 12.8 Å². The Morgan fingerprint density at radius 3 is 2.63 bits per heavy atom. The van der Waals surface area contributed by atoms with Crippen LogP contribution in [0.4, 0.5) is 0 Å². The summed E-state index contributed by atoms with van der Waals surface area (Å²) in [6, 6.07) is 7.84. The molecule has 0 spiro atoms. The van der Waals surface area contributed by atoms with Crippen molar-refractivity contribution in [1.82, 2.24) is 8.61 Å². The normalized spacial score (nSPS) is 22.4. The quantitative estimate of drug-likeness (QED) is 0.762. The number of carboxylic acids is 1. The summed E-state index contributed by atoms with van der Waals surface area (Å²) in [5.74, 6) is -1.30. The molecule has 3 rings (SSSR count). The lowest BCUT2D eigenvalue weighted by Gasteiger charge is -2.34. The van der Waals surface area contributed by atoms with Crippen molar-refractivity contribution in [3.05, 3.63) is 35.4 Å². The van der Waals surface area contributed by atoms with Crippen LogP contribution in [0.5, 0.6) is 0 Å². The van der Waals surface area contributed by atoms with Crippen molar-refractivity contribution in [3.8, 4) is 0 Å². The van der Waals surface area contributed by atoms with Crippen LogP contribution in [0.2, 0.25) is 0 Å². The highest BCUT2D eigenvalue weighted by molar-refractivity contribution is 7.86. The van der Waals surface area contributed by atoms with Gasteiger partial charge < -0.3 is 9.84 Å². The molecule has 2 aliphatic heterocycles. The number of hydrogen-bond acceptors (Lipinski definition) is 4. The highest BCUT2D eigenvalue weighted by Gasteiger charge is 2.36. The third kappa shape index (κ3) is 5.07. The van der Waals surface area contributed by atoms with E-state index in [1.165, 1.54) is 8.61 Å². The molecule has 2 aliphatic rings. The second kappa shape index (κ2) is 8.68. The number of rotatable bonds is 7. The van der Waals surface area contributed by atoms with Gasteiger partial charge in [-0.05, 0) is 38.2 Å². The predicted molar refractivity (Wildman–Crippen MR) is 101 cm³/mol. The number of carboxylic acid groups (broad SMARTS) is 1. The predicted octanol–water partition coefficient (Wildman–Crippen LogP) is 2.02. The van der Waals surface area contributed by atoms with Crippen LogP contribution in [0.1, 0.15) is 36.8 Å². The Bertz CT molecular complexity index is 753. The molecule has 2 saturated heterocycles. The second-order valence-electron chi connectivity index (χ2n) is 7.44. The molecule has 1 atom stereocenters. The number of benzene rings is 1. The van der Waals surface area contributed by atoms with Gasteiger partial charge in [0, 0.05) is 32.8 Å². The van der Waals surface area contributed by atoms with Gasteiger partial charge in [0.05, 0.1) is 12.0 Å². The molecule has 7 nitrogen and oxygen atoms in total. The lowest BCUT2D eigenvalue weighted by Crippen LogP contribution is -2.49. The molecule has 2 fully saturated rings. The molecule has 1 aromatic rings. The van der Waals surface area contributed by atoms with Crippen molar-refractivity contribution >= 4 is 16.2 Å². The van der Waals surface area contributed by atoms with Crippen molar-refractivity contribution < 1.29 is 23.1 Å². The summed E-state index contributed by atoms with van der Waals surface area (Å²) in [7, 11) is -3.68. The van der Waals surface area contributed by atoms with E-state index < -0.39 is 22.1 Å². The summed E-state index contributed by atoms with van der Waals surface area (Å²) >= 11 is 0. The summed E-state index contributed by atoms with van der Waals surface area (Å²) in [4.78, 5) is 11.2. The SMILES string of the molecule is Cc1cccc(CN(CC2CCCO2)S(=O)(=O)N2CCC(C(=O)O)CC2)c1. The Morgan fingerprint density at radius 1 is 1.30 bits per heavy atom. The Morgan fingerprint density at radius 2 is 2.04 bits per heavy atom. The van der Waals surface area contributed by atoms with Crippen LogP contribution in [0.25, 0.3) is 0 Å². The fourth-order valence-electron chi connectivity index (χ4n) is 3.77. The molecule has 0 bridgehead atoms. The van der Waals surface area contributed by atoms with Crippen LogP contribution in [0.15, 0.2) is 24.3 Å². The molecule has 1 N–H and O–H groups in total. The standard InChI is InChI=1S/C19H28N2O5S/c1-15-4-2-5-16(12-15)13-21(14-18-6-3-11-26-18)27(24,25)20-9-7-17(8-10-20)19(22)23/h2,4-5,12,17-18H,3,6-11,13-14H2,1H3,(H,22,23). The first-order chi connectivity index (χ1) is 12.9. The summed E-state index contributed by atoms with van der Waals surface area (Å²) in [5, 5.41) is 9.15. The maximum atomic E-state index is 13.3. The molecule has 0 saturated carbocycles. The number of carbonyl (C=O) groups is 1. The van der Waals surface area contributed by atoms with Gasteiger partial charge >= 0.3 is 5.97 Å². The van der Waals surface area contributed by atoms with E-state index in [9.17, 15) is 13.2 Å². The van der Waals surface area contributed by atoms with Crippen LogP contribution in [-0.4, -0.2) is 60.4 Å². The first-order valence-corrected chi connectivity index (χ1v) is 10.9. The van der Waals surface area contributed by atoms with Gasteiger partial charge in [0.1, 0.15) is 0 Å². The molecular weight excluding hydrogens is 368 g/mol. The van der Waals surface area contributed by atoms with Crippen LogP contribution in [0.3, 0.4) is 0 Å². The Kier molecular flexibility index (Phi) is 6.52. The van der Waals surface area contributed by atoms with E-state index in [0.717, 1.165) is 24.0 Å². The van der Waals surface area contributed by atoms with E-state index in [-0.39, 0.29) is 19.2 Å². The molecular formula is C19H28N2O5S. The minimum absolute atomic E-state index is 0.0823. The largest absolute Gasteiger partial charge is 0.481 e. The Hall–Kier alpha value is -1.48. The van der Waals surface area contributed by atoms with Gasteiger partial charge in [-0.1, -0.05) is 29.8 Å². The molecule has 1 unspecified atom stereocenters. The zero-order valence-electron chi connectivity index (χ0n) is 15.7. The van der Waals surface area contributed by atoms with E-state index in [4.69, 9.17) is 9.84 Å². The fraction of sp³-hybridized carbons (Fsp3) is 0.632. The molecule has 0 amide bonds. The van der Waals surface area contributed by atoms with E-state index in [1.807, 2.05) is 31.2 Å². The fourth-order valence-corrected chi connectivity index (χ4v) is 5.43. The average molecular weight is 397 g/mol. The molecule has 2 heterocycles. The summed E-state index contributed by atoms with van der Waals surface area (Å²) in [6.07, 6.45) is 2.44. The van der Waals surface area contributed by atoms with Gasteiger partial charge in [-0.25, -0.2) is 0 Å². The summed E-state index contributed by atoms with van der Waals surface area (Å²) in [6.45, 7) is 3.77. The highest BCUT2D eigenvalue weighted by Crippen LogP contribution is 2.24. The van der Waals surface area contributed by atoms with Crippen molar-refractivity contribution in [3.63, 3.8) is 0 Å². The van der Waals surface area contributed by atoms with E-state index in [1.54, 1.807) is 0 Å². The zero-order valence-corrected chi connectivity index (χ0v) is 16.5. The third-order valence-electron chi connectivity index (χ3n) is 5.33. The van der Waals surface area contributed by atoms with Crippen molar-refractivity contribution in [1.29, 1.82) is 0 Å². The van der Waals surface area contributed by atoms with Crippen LogP contribution >= 0.6 is 0 Å². The monoisotopic (exact) mass is 396 g/mol. The number of ether oxygens (including phenoxy) is 1. The second-order valence-corrected chi connectivity index (χ2v) is 9.36. The lowest BCUT2D eigenvalue weighted by molar-refractivity contribution is -0.142. The van der Waals surface area contributed by atoms with E-state index >= 15 is 0 Å². The summed E-state index contributed by atoms with van der Waals surface area (Å²) in [5.41, 5.74) is 2.03. The van der Waals surface area contributed by atoms with Gasteiger partial charge in [0.15, 0.2) is 0 Å². The first kappa shape index (κ1) is 20.3. The zero-order chi connectivity index (χ0) is 19.4. The van der Waals surface area contributed by atoms with Crippen LogP contribution in [-0.2, 0) is 26.3 Å². The molecule has 0 radical (unpaired) electrons. The van der Waals surface area contributed by atoms with Crippen molar-refractivity contribution in [2.24, 2.45) is 5.92 Å². The molecule has 8 heteroatoms.